The number of nitrogens with one attached hydrogen (secondary N) is 2. The van der Waals surface area contributed by atoms with E-state index in [-0.39, 0.29) is 17.6 Å². The number of rotatable bonds is 3. The van der Waals surface area contributed by atoms with Crippen molar-refractivity contribution in [2.24, 2.45) is 11.8 Å². The van der Waals surface area contributed by atoms with Crippen LogP contribution in [0.1, 0.15) is 43.5 Å². The van der Waals surface area contributed by atoms with E-state index in [1.165, 1.54) is 17.4 Å². The monoisotopic (exact) mass is 296 g/mol. The lowest BCUT2D eigenvalue weighted by molar-refractivity contribution is 0.0698. The molecule has 3 atom stereocenters. The van der Waals surface area contributed by atoms with Crippen LogP contribution in [0, 0.1) is 11.8 Å². The number of anilines is 1. The van der Waals surface area contributed by atoms with Crippen molar-refractivity contribution in [1.82, 2.24) is 5.32 Å². The Balaban J connectivity index is 1.92. The summed E-state index contributed by atoms with van der Waals surface area (Å²) in [6, 6.07) is 1.34. The van der Waals surface area contributed by atoms with Crippen LogP contribution in [0.2, 0.25) is 0 Å². The topological polar surface area (TPSA) is 78.4 Å². The van der Waals surface area contributed by atoms with Gasteiger partial charge < -0.3 is 10.4 Å². The molecule has 0 spiro atoms. The first-order chi connectivity index (χ1) is 9.47. The van der Waals surface area contributed by atoms with Gasteiger partial charge in [0.15, 0.2) is 0 Å². The van der Waals surface area contributed by atoms with E-state index in [4.69, 9.17) is 5.11 Å². The first kappa shape index (κ1) is 14.8. The van der Waals surface area contributed by atoms with Crippen molar-refractivity contribution in [3.8, 4) is 0 Å². The number of carboxylic acids is 1. The SMILES string of the molecule is CC1CCC(NC(=O)Nc2sccc2C(=O)O)C(C)C1. The molecule has 5 nitrogen and oxygen atoms in total. The first-order valence-corrected chi connectivity index (χ1v) is 7.73. The van der Waals surface area contributed by atoms with Crippen LogP contribution < -0.4 is 10.6 Å². The van der Waals surface area contributed by atoms with Gasteiger partial charge in [0.2, 0.25) is 0 Å². The fourth-order valence-corrected chi connectivity index (χ4v) is 3.54. The number of carbonyl (C=O) groups is 2. The molecule has 2 amide bonds. The Labute approximate surface area is 122 Å². The van der Waals surface area contributed by atoms with E-state index in [0.29, 0.717) is 16.8 Å². The Morgan fingerprint density at radius 3 is 2.75 bits per heavy atom. The van der Waals surface area contributed by atoms with Crippen molar-refractivity contribution in [2.45, 2.75) is 39.2 Å². The molecule has 1 aromatic rings. The lowest BCUT2D eigenvalue weighted by Gasteiger charge is -2.33. The van der Waals surface area contributed by atoms with Gasteiger partial charge in [0, 0.05) is 6.04 Å². The molecule has 3 unspecified atom stereocenters. The van der Waals surface area contributed by atoms with Gasteiger partial charge >= 0.3 is 12.0 Å². The van der Waals surface area contributed by atoms with Crippen LogP contribution in [0.5, 0.6) is 0 Å². The molecule has 0 saturated heterocycles. The fraction of sp³-hybridized carbons (Fsp3) is 0.571. The molecule has 0 bridgehead atoms. The summed E-state index contributed by atoms with van der Waals surface area (Å²) in [5, 5.41) is 16.6. The molecule has 2 rings (SSSR count). The molecule has 0 aromatic carbocycles. The molecule has 1 fully saturated rings. The summed E-state index contributed by atoms with van der Waals surface area (Å²) in [4.78, 5) is 22.9. The zero-order valence-electron chi connectivity index (χ0n) is 11.7. The number of hydrogen-bond donors (Lipinski definition) is 3. The maximum Gasteiger partial charge on any atom is 0.338 e. The van der Waals surface area contributed by atoms with Gasteiger partial charge in [-0.05, 0) is 42.5 Å². The molecule has 6 heteroatoms. The molecule has 110 valence electrons. The zero-order chi connectivity index (χ0) is 14.7. The van der Waals surface area contributed by atoms with Gasteiger partial charge in [-0.3, -0.25) is 5.32 Å². The maximum absolute atomic E-state index is 12.0. The number of urea groups is 1. The first-order valence-electron chi connectivity index (χ1n) is 6.85. The number of carbonyl (C=O) groups excluding carboxylic acids is 1. The molecule has 1 aliphatic rings. The van der Waals surface area contributed by atoms with E-state index in [1.807, 2.05) is 0 Å². The minimum absolute atomic E-state index is 0.135. The van der Waals surface area contributed by atoms with E-state index in [2.05, 4.69) is 24.5 Å². The second kappa shape index (κ2) is 6.26. The number of carboxylic acid groups (broad SMARTS) is 1. The fourth-order valence-electron chi connectivity index (χ4n) is 2.76. The van der Waals surface area contributed by atoms with Gasteiger partial charge in [0.1, 0.15) is 5.00 Å². The predicted molar refractivity (Wildman–Crippen MR) is 79.4 cm³/mol. The van der Waals surface area contributed by atoms with E-state index in [0.717, 1.165) is 19.3 Å². The van der Waals surface area contributed by atoms with E-state index < -0.39 is 5.97 Å². The van der Waals surface area contributed by atoms with Gasteiger partial charge in [0.25, 0.3) is 0 Å². The summed E-state index contributed by atoms with van der Waals surface area (Å²) in [5.41, 5.74) is 0.135. The smallest absolute Gasteiger partial charge is 0.338 e. The summed E-state index contributed by atoms with van der Waals surface area (Å²) in [6.07, 6.45) is 3.21. The maximum atomic E-state index is 12.0. The highest BCUT2D eigenvalue weighted by molar-refractivity contribution is 7.14. The third-order valence-electron chi connectivity index (χ3n) is 3.87. The predicted octanol–water partition coefficient (Wildman–Crippen LogP) is 3.39. The lowest BCUT2D eigenvalue weighted by Crippen LogP contribution is -2.44. The van der Waals surface area contributed by atoms with Crippen molar-refractivity contribution >= 4 is 28.3 Å². The number of aromatic carboxylic acids is 1. The van der Waals surface area contributed by atoms with Crippen LogP contribution in [-0.2, 0) is 0 Å². The van der Waals surface area contributed by atoms with Crippen LogP contribution in [0.15, 0.2) is 11.4 Å². The van der Waals surface area contributed by atoms with Crippen LogP contribution in [0.3, 0.4) is 0 Å². The van der Waals surface area contributed by atoms with Gasteiger partial charge in [-0.1, -0.05) is 13.8 Å². The average molecular weight is 296 g/mol. The molecule has 3 N–H and O–H groups in total. The van der Waals surface area contributed by atoms with Gasteiger partial charge in [-0.15, -0.1) is 11.3 Å². The van der Waals surface area contributed by atoms with Gasteiger partial charge in [0.05, 0.1) is 5.56 Å². The number of hydrogen-bond acceptors (Lipinski definition) is 3. The summed E-state index contributed by atoms with van der Waals surface area (Å²) < 4.78 is 0. The molecule has 1 aliphatic carbocycles. The molecule has 1 aromatic heterocycles. The van der Waals surface area contributed by atoms with Crippen molar-refractivity contribution in [3.63, 3.8) is 0 Å². The second-order valence-electron chi connectivity index (χ2n) is 5.57. The summed E-state index contributed by atoms with van der Waals surface area (Å²) in [5.74, 6) is 0.134. The largest absolute Gasteiger partial charge is 0.478 e. The molecular weight excluding hydrogens is 276 g/mol. The summed E-state index contributed by atoms with van der Waals surface area (Å²) in [7, 11) is 0. The summed E-state index contributed by atoms with van der Waals surface area (Å²) in [6.45, 7) is 4.38. The second-order valence-corrected chi connectivity index (χ2v) is 6.49. The third kappa shape index (κ3) is 3.50. The van der Waals surface area contributed by atoms with E-state index in [9.17, 15) is 9.59 Å². The molecule has 0 aliphatic heterocycles. The molecule has 1 saturated carbocycles. The van der Waals surface area contributed by atoms with Crippen molar-refractivity contribution in [3.05, 3.63) is 17.0 Å². The normalized spacial score (nSPS) is 26.0. The Kier molecular flexibility index (Phi) is 4.65. The Hall–Kier alpha value is -1.56. The quantitative estimate of drug-likeness (QED) is 0.800. The van der Waals surface area contributed by atoms with E-state index in [1.54, 1.807) is 5.38 Å². The lowest BCUT2D eigenvalue weighted by atomic mass is 9.80. The number of amides is 2. The standard InChI is InChI=1S/C14H20N2O3S/c1-8-3-4-11(9(2)7-8)15-14(19)16-12-10(13(17)18)5-6-20-12/h5-6,8-9,11H,3-4,7H2,1-2H3,(H,17,18)(H2,15,16,19). The Bertz CT molecular complexity index is 500. The van der Waals surface area contributed by atoms with Crippen LogP contribution in [0.25, 0.3) is 0 Å². The van der Waals surface area contributed by atoms with Crippen LogP contribution in [-0.4, -0.2) is 23.1 Å². The zero-order valence-corrected chi connectivity index (χ0v) is 12.5. The highest BCUT2D eigenvalue weighted by Gasteiger charge is 2.26. The van der Waals surface area contributed by atoms with Crippen molar-refractivity contribution in [1.29, 1.82) is 0 Å². The highest BCUT2D eigenvalue weighted by atomic mass is 32.1. The van der Waals surface area contributed by atoms with Gasteiger partial charge in [-0.25, -0.2) is 9.59 Å². The third-order valence-corrected chi connectivity index (χ3v) is 4.70. The molecule has 1 heterocycles. The van der Waals surface area contributed by atoms with Crippen molar-refractivity contribution < 1.29 is 14.7 Å². The van der Waals surface area contributed by atoms with Gasteiger partial charge in [-0.2, -0.15) is 0 Å². The molecule has 0 radical (unpaired) electrons. The molecular formula is C14H20N2O3S. The molecule has 20 heavy (non-hydrogen) atoms. The minimum Gasteiger partial charge on any atom is -0.478 e. The number of thiophene rings is 1. The minimum atomic E-state index is -1.03. The van der Waals surface area contributed by atoms with E-state index >= 15 is 0 Å². The van der Waals surface area contributed by atoms with Crippen LogP contribution >= 0.6 is 11.3 Å². The Morgan fingerprint density at radius 2 is 2.10 bits per heavy atom. The average Bonchev–Trinajstić information content (AvgIpc) is 2.81. The highest BCUT2D eigenvalue weighted by Crippen LogP contribution is 2.29. The summed E-state index contributed by atoms with van der Waals surface area (Å²) >= 11 is 1.22. The van der Waals surface area contributed by atoms with Crippen molar-refractivity contribution in [2.75, 3.05) is 5.32 Å². The van der Waals surface area contributed by atoms with Crippen LogP contribution in [0.4, 0.5) is 9.80 Å². The Morgan fingerprint density at radius 1 is 1.35 bits per heavy atom.